The van der Waals surface area contributed by atoms with Crippen LogP contribution in [0.4, 0.5) is 9.59 Å². The third kappa shape index (κ3) is 4.15. The summed E-state index contributed by atoms with van der Waals surface area (Å²) in [6.45, 7) is 1.63. The molecule has 18 heteroatoms. The molecular formula is C17H22N8O9S. The molecule has 35 heavy (non-hydrogen) atoms. The molecule has 4 heterocycles. The Kier molecular flexibility index (Phi) is 6.11. The van der Waals surface area contributed by atoms with Gasteiger partial charge in [0.2, 0.25) is 0 Å². The molecule has 0 spiro atoms. The predicted octanol–water partition coefficient (Wildman–Crippen LogP) is -1.78. The quantitative estimate of drug-likeness (QED) is 0.128. The van der Waals surface area contributed by atoms with Crippen LogP contribution in [-0.4, -0.2) is 110 Å². The van der Waals surface area contributed by atoms with Crippen molar-refractivity contribution in [3.8, 4) is 0 Å². The van der Waals surface area contributed by atoms with E-state index in [9.17, 15) is 32.8 Å². The maximum Gasteiger partial charge on any atom is 0.418 e. The summed E-state index contributed by atoms with van der Waals surface area (Å²) in [5, 5.41) is 19.9. The normalized spacial score (nSPS) is 22.7. The Hall–Kier alpha value is -3.77. The first-order valence-corrected chi connectivity index (χ1v) is 11.7. The first-order valence-electron chi connectivity index (χ1n) is 10.4. The summed E-state index contributed by atoms with van der Waals surface area (Å²) in [5.41, 5.74) is 0.572. The number of hydrogen-bond donors (Lipinski definition) is 3. The van der Waals surface area contributed by atoms with Gasteiger partial charge in [0, 0.05) is 32.2 Å². The molecule has 1 aromatic heterocycles. The van der Waals surface area contributed by atoms with E-state index in [1.54, 1.807) is 14.0 Å². The minimum absolute atomic E-state index is 0.0284. The zero-order valence-corrected chi connectivity index (χ0v) is 19.4. The summed E-state index contributed by atoms with van der Waals surface area (Å²) in [4.78, 5) is 53.0. The number of hydroxylamine groups is 2. The van der Waals surface area contributed by atoms with Crippen molar-refractivity contribution >= 4 is 40.0 Å². The zero-order valence-electron chi connectivity index (χ0n) is 18.6. The standard InChI is InChI=1S/C17H22N8O9S/c1-3-22-4-5-23(15(27)14(22)26)16(28)18-7-10(20-30)13-12-9(6-19-21(12)2)11-8-24(13)17(29)25(11)34-35(31,32)33/h6,11,13,30H,3-5,7-8H2,1-2H3,(H,18,28)(H,31,32,33)/b20-10+. The van der Waals surface area contributed by atoms with Crippen molar-refractivity contribution in [1.82, 2.24) is 34.9 Å². The van der Waals surface area contributed by atoms with Crippen LogP contribution in [0.5, 0.6) is 0 Å². The SMILES string of the molecule is CCN1CCN(C(=O)NC/C(=N\O)C2c3c(cnn3C)C3CN2C(=O)N3OS(=O)(=O)O)C(=O)C1=O. The average molecular weight is 514 g/mol. The number of hydrogen-bond acceptors (Lipinski definition) is 10. The molecule has 3 aliphatic rings. The summed E-state index contributed by atoms with van der Waals surface area (Å²) < 4.78 is 37.4. The van der Waals surface area contributed by atoms with E-state index in [2.05, 4.69) is 19.9 Å². The molecule has 0 saturated carbocycles. The van der Waals surface area contributed by atoms with E-state index in [0.717, 1.165) is 9.80 Å². The minimum atomic E-state index is -5.02. The molecule has 3 aliphatic heterocycles. The van der Waals surface area contributed by atoms with Crippen LogP contribution in [0.2, 0.25) is 0 Å². The Balaban J connectivity index is 1.56. The van der Waals surface area contributed by atoms with E-state index in [1.165, 1.54) is 15.8 Å². The fraction of sp³-hybridized carbons (Fsp3) is 0.529. The van der Waals surface area contributed by atoms with Crippen LogP contribution in [0.3, 0.4) is 0 Å². The van der Waals surface area contributed by atoms with Crippen molar-refractivity contribution in [1.29, 1.82) is 0 Å². The maximum atomic E-state index is 12.9. The molecule has 4 rings (SSSR count). The summed E-state index contributed by atoms with van der Waals surface area (Å²) in [7, 11) is -3.48. The van der Waals surface area contributed by atoms with Crippen LogP contribution >= 0.6 is 0 Å². The molecule has 1 aromatic rings. The van der Waals surface area contributed by atoms with Crippen molar-refractivity contribution < 1.29 is 41.6 Å². The first kappa shape index (κ1) is 24.4. The lowest BCUT2D eigenvalue weighted by Gasteiger charge is -2.33. The van der Waals surface area contributed by atoms with Gasteiger partial charge in [-0.3, -0.25) is 23.7 Å². The van der Waals surface area contributed by atoms with Crippen LogP contribution in [0.25, 0.3) is 0 Å². The number of carbonyl (C=O) groups is 4. The molecule has 0 aromatic carbocycles. The Morgan fingerprint density at radius 1 is 1.29 bits per heavy atom. The number of amides is 6. The summed E-state index contributed by atoms with van der Waals surface area (Å²) in [5.74, 6) is -1.82. The molecule has 17 nitrogen and oxygen atoms in total. The zero-order chi connectivity index (χ0) is 25.7. The van der Waals surface area contributed by atoms with E-state index >= 15 is 0 Å². The van der Waals surface area contributed by atoms with Gasteiger partial charge >= 0.3 is 34.3 Å². The number of nitrogens with zero attached hydrogens (tertiary/aromatic N) is 7. The van der Waals surface area contributed by atoms with Crippen molar-refractivity contribution in [2.24, 2.45) is 12.2 Å². The molecule has 0 radical (unpaired) electrons. The molecule has 2 bridgehead atoms. The number of imide groups is 1. The van der Waals surface area contributed by atoms with Crippen molar-refractivity contribution in [2.75, 3.05) is 32.7 Å². The molecule has 2 unspecified atom stereocenters. The van der Waals surface area contributed by atoms with Gasteiger partial charge in [-0.2, -0.15) is 18.6 Å². The number of urea groups is 2. The number of nitrogens with one attached hydrogen (secondary N) is 1. The number of aryl methyl sites for hydroxylation is 1. The highest BCUT2D eigenvalue weighted by Crippen LogP contribution is 2.44. The van der Waals surface area contributed by atoms with Crippen molar-refractivity contribution in [2.45, 2.75) is 19.0 Å². The largest absolute Gasteiger partial charge is 0.418 e. The van der Waals surface area contributed by atoms with Gasteiger partial charge in [-0.1, -0.05) is 5.16 Å². The summed E-state index contributed by atoms with van der Waals surface area (Å²) in [6, 6.07) is -3.88. The molecule has 2 saturated heterocycles. The van der Waals surface area contributed by atoms with E-state index in [0.29, 0.717) is 22.9 Å². The smallest absolute Gasteiger partial charge is 0.411 e. The van der Waals surface area contributed by atoms with E-state index in [1.807, 2.05) is 0 Å². The van der Waals surface area contributed by atoms with Crippen molar-refractivity contribution in [3.05, 3.63) is 17.5 Å². The molecule has 0 aliphatic carbocycles. The lowest BCUT2D eigenvalue weighted by molar-refractivity contribution is -0.153. The highest BCUT2D eigenvalue weighted by molar-refractivity contribution is 7.80. The van der Waals surface area contributed by atoms with E-state index < -0.39 is 52.9 Å². The van der Waals surface area contributed by atoms with Gasteiger partial charge in [0.05, 0.1) is 25.0 Å². The number of fused-ring (bicyclic) bond motifs is 4. The predicted molar refractivity (Wildman–Crippen MR) is 112 cm³/mol. The highest BCUT2D eigenvalue weighted by Gasteiger charge is 2.53. The fourth-order valence-electron chi connectivity index (χ4n) is 4.38. The van der Waals surface area contributed by atoms with Gasteiger partial charge in [-0.25, -0.2) is 9.59 Å². The Labute approximate surface area is 198 Å². The van der Waals surface area contributed by atoms with Gasteiger partial charge in [-0.15, -0.1) is 4.28 Å². The molecule has 3 N–H and O–H groups in total. The van der Waals surface area contributed by atoms with Crippen LogP contribution in [-0.2, 0) is 31.3 Å². The lowest BCUT2D eigenvalue weighted by Crippen LogP contribution is -2.58. The minimum Gasteiger partial charge on any atom is -0.411 e. The maximum absolute atomic E-state index is 12.9. The van der Waals surface area contributed by atoms with Gasteiger partial charge in [0.1, 0.15) is 17.8 Å². The summed E-state index contributed by atoms with van der Waals surface area (Å²) >= 11 is 0. The second-order valence-electron chi connectivity index (χ2n) is 7.88. The fourth-order valence-corrected chi connectivity index (χ4v) is 4.75. The monoisotopic (exact) mass is 514 g/mol. The number of aromatic nitrogens is 2. The number of piperazine rings is 1. The second-order valence-corrected chi connectivity index (χ2v) is 8.89. The molecular weight excluding hydrogens is 492 g/mol. The number of carbonyl (C=O) groups excluding carboxylic acids is 4. The molecule has 6 amide bonds. The van der Waals surface area contributed by atoms with Crippen molar-refractivity contribution in [3.63, 3.8) is 0 Å². The topological polar surface area (TPSA) is 207 Å². The van der Waals surface area contributed by atoms with Crippen LogP contribution in [0.1, 0.15) is 30.3 Å². The third-order valence-corrected chi connectivity index (χ3v) is 6.36. The second kappa shape index (κ2) is 8.78. The Morgan fingerprint density at radius 3 is 2.63 bits per heavy atom. The Morgan fingerprint density at radius 2 is 2.00 bits per heavy atom. The van der Waals surface area contributed by atoms with Gasteiger partial charge < -0.3 is 20.3 Å². The number of likely N-dealkylation sites (N-methyl/N-ethyl adjacent to an activating group) is 1. The lowest BCUT2D eigenvalue weighted by atomic mass is 9.94. The molecule has 190 valence electrons. The third-order valence-electron chi connectivity index (χ3n) is 6.01. The number of rotatable bonds is 6. The van der Waals surface area contributed by atoms with Crippen LogP contribution in [0.15, 0.2) is 11.4 Å². The molecule has 2 atom stereocenters. The summed E-state index contributed by atoms with van der Waals surface area (Å²) in [6.07, 6.45) is 1.37. The Bertz CT molecular complexity index is 1230. The number of oxime groups is 1. The van der Waals surface area contributed by atoms with Crippen LogP contribution < -0.4 is 5.32 Å². The molecule has 2 fully saturated rings. The average Bonchev–Trinajstić information content (AvgIpc) is 3.31. The highest BCUT2D eigenvalue weighted by atomic mass is 32.3. The van der Waals surface area contributed by atoms with Gasteiger partial charge in [-0.05, 0) is 6.92 Å². The van der Waals surface area contributed by atoms with Gasteiger partial charge in [0.25, 0.3) is 0 Å². The van der Waals surface area contributed by atoms with E-state index in [4.69, 9.17) is 4.55 Å². The first-order chi connectivity index (χ1) is 16.5. The van der Waals surface area contributed by atoms with Gasteiger partial charge in [0.15, 0.2) is 0 Å². The van der Waals surface area contributed by atoms with Crippen LogP contribution in [0, 0.1) is 0 Å². The van der Waals surface area contributed by atoms with E-state index in [-0.39, 0.29) is 25.3 Å².